The fourth-order valence-electron chi connectivity index (χ4n) is 2.50. The summed E-state index contributed by atoms with van der Waals surface area (Å²) in [4.78, 5) is 25.0. The van der Waals surface area contributed by atoms with Crippen molar-refractivity contribution in [3.05, 3.63) is 66.2 Å². The van der Waals surface area contributed by atoms with E-state index in [2.05, 4.69) is 5.32 Å². The number of carbonyl (C=O) groups excluding carboxylic acids is 1. The molecule has 4 nitrogen and oxygen atoms in total. The van der Waals surface area contributed by atoms with Crippen molar-refractivity contribution in [1.29, 1.82) is 0 Å². The lowest BCUT2D eigenvalue weighted by Crippen LogP contribution is -2.46. The Balaban J connectivity index is 2.00. The number of rotatable bonds is 8. The van der Waals surface area contributed by atoms with Crippen molar-refractivity contribution in [2.24, 2.45) is 0 Å². The van der Waals surface area contributed by atoms with Gasteiger partial charge in [-0.2, -0.15) is 0 Å². The standard InChI is InChI=1S/C19H21NO3S/c1-2-19(18(22)23,15-9-5-3-6-10-15)14-20-17(21)13-24-16-11-7-4-8-12-16/h3-12H,2,13-14H2,1H3,(H,20,21)(H,22,23). The molecule has 2 aromatic carbocycles. The van der Waals surface area contributed by atoms with Crippen LogP contribution in [0.5, 0.6) is 0 Å². The van der Waals surface area contributed by atoms with Gasteiger partial charge in [-0.3, -0.25) is 9.59 Å². The van der Waals surface area contributed by atoms with E-state index >= 15 is 0 Å². The lowest BCUT2D eigenvalue weighted by Gasteiger charge is -2.29. The molecule has 126 valence electrons. The second-order valence-electron chi connectivity index (χ2n) is 5.49. The first kappa shape index (κ1) is 18.1. The Morgan fingerprint density at radius 1 is 1.04 bits per heavy atom. The molecule has 0 aliphatic rings. The molecule has 24 heavy (non-hydrogen) atoms. The number of carbonyl (C=O) groups is 2. The number of hydrogen-bond donors (Lipinski definition) is 2. The van der Waals surface area contributed by atoms with Crippen LogP contribution in [-0.2, 0) is 15.0 Å². The molecule has 0 saturated carbocycles. The highest BCUT2D eigenvalue weighted by molar-refractivity contribution is 8.00. The van der Waals surface area contributed by atoms with Gasteiger partial charge < -0.3 is 10.4 Å². The highest BCUT2D eigenvalue weighted by Crippen LogP contribution is 2.28. The van der Waals surface area contributed by atoms with Gasteiger partial charge in [0.05, 0.1) is 5.75 Å². The van der Waals surface area contributed by atoms with Crippen LogP contribution >= 0.6 is 11.8 Å². The van der Waals surface area contributed by atoms with E-state index < -0.39 is 11.4 Å². The molecule has 2 aromatic rings. The largest absolute Gasteiger partial charge is 0.481 e. The molecule has 0 aromatic heterocycles. The Kier molecular flexibility index (Phi) is 6.44. The molecule has 0 aliphatic heterocycles. The van der Waals surface area contributed by atoms with Crippen molar-refractivity contribution in [2.75, 3.05) is 12.3 Å². The highest BCUT2D eigenvalue weighted by Gasteiger charge is 2.38. The van der Waals surface area contributed by atoms with Gasteiger partial charge in [0.15, 0.2) is 0 Å². The van der Waals surface area contributed by atoms with Crippen molar-refractivity contribution in [1.82, 2.24) is 5.32 Å². The smallest absolute Gasteiger partial charge is 0.315 e. The zero-order chi connectivity index (χ0) is 17.4. The molecule has 2 N–H and O–H groups in total. The molecular formula is C19H21NO3S. The molecule has 0 saturated heterocycles. The third kappa shape index (κ3) is 4.38. The molecule has 0 fully saturated rings. The van der Waals surface area contributed by atoms with Crippen molar-refractivity contribution >= 4 is 23.6 Å². The summed E-state index contributed by atoms with van der Waals surface area (Å²) >= 11 is 1.43. The molecule has 1 amide bonds. The van der Waals surface area contributed by atoms with Crippen LogP contribution in [-0.4, -0.2) is 29.3 Å². The molecule has 0 radical (unpaired) electrons. The van der Waals surface area contributed by atoms with Crippen LogP contribution in [0.1, 0.15) is 18.9 Å². The summed E-state index contributed by atoms with van der Waals surface area (Å²) in [6.45, 7) is 1.91. The quantitative estimate of drug-likeness (QED) is 0.722. The van der Waals surface area contributed by atoms with E-state index in [0.717, 1.165) is 4.90 Å². The van der Waals surface area contributed by atoms with E-state index in [-0.39, 0.29) is 18.2 Å². The van der Waals surface area contributed by atoms with Crippen LogP contribution in [0.25, 0.3) is 0 Å². The number of carboxylic acid groups (broad SMARTS) is 1. The minimum atomic E-state index is -1.10. The minimum absolute atomic E-state index is 0.0804. The van der Waals surface area contributed by atoms with E-state index in [1.54, 1.807) is 12.1 Å². The second kappa shape index (κ2) is 8.55. The van der Waals surface area contributed by atoms with Crippen LogP contribution in [0.15, 0.2) is 65.6 Å². The number of aliphatic carboxylic acids is 1. The SMILES string of the molecule is CCC(CNC(=O)CSc1ccccc1)(C(=O)O)c1ccccc1. The molecular weight excluding hydrogens is 322 g/mol. The van der Waals surface area contributed by atoms with Gasteiger partial charge in [-0.15, -0.1) is 11.8 Å². The lowest BCUT2D eigenvalue weighted by atomic mass is 9.78. The maximum Gasteiger partial charge on any atom is 0.315 e. The Hall–Kier alpha value is -2.27. The fourth-order valence-corrected chi connectivity index (χ4v) is 3.25. The van der Waals surface area contributed by atoms with Gasteiger partial charge in [-0.25, -0.2) is 0 Å². The number of carboxylic acids is 1. The van der Waals surface area contributed by atoms with Gasteiger partial charge >= 0.3 is 5.97 Å². The summed E-state index contributed by atoms with van der Waals surface area (Å²) in [6, 6.07) is 18.7. The zero-order valence-electron chi connectivity index (χ0n) is 13.6. The highest BCUT2D eigenvalue weighted by atomic mass is 32.2. The summed E-state index contributed by atoms with van der Waals surface area (Å²) in [5.74, 6) is -0.829. The monoisotopic (exact) mass is 343 g/mol. The maximum atomic E-state index is 12.1. The van der Waals surface area contributed by atoms with E-state index in [9.17, 15) is 14.7 Å². The van der Waals surface area contributed by atoms with E-state index in [4.69, 9.17) is 0 Å². The number of benzene rings is 2. The third-order valence-corrected chi connectivity index (χ3v) is 5.05. The predicted octanol–water partition coefficient (Wildman–Crippen LogP) is 3.33. The van der Waals surface area contributed by atoms with Crippen LogP contribution in [0.4, 0.5) is 0 Å². The number of nitrogens with one attached hydrogen (secondary N) is 1. The fraction of sp³-hybridized carbons (Fsp3) is 0.263. The molecule has 1 atom stereocenters. The third-order valence-electron chi connectivity index (χ3n) is 4.04. The van der Waals surface area contributed by atoms with Crippen molar-refractivity contribution in [3.8, 4) is 0 Å². The van der Waals surface area contributed by atoms with Crippen molar-refractivity contribution < 1.29 is 14.7 Å². The van der Waals surface area contributed by atoms with E-state index in [1.165, 1.54) is 11.8 Å². The Morgan fingerprint density at radius 2 is 1.62 bits per heavy atom. The van der Waals surface area contributed by atoms with Gasteiger partial charge in [-0.05, 0) is 24.1 Å². The van der Waals surface area contributed by atoms with Gasteiger partial charge in [0.2, 0.25) is 5.91 Å². The van der Waals surface area contributed by atoms with Crippen molar-refractivity contribution in [3.63, 3.8) is 0 Å². The van der Waals surface area contributed by atoms with Gasteiger partial charge in [0, 0.05) is 11.4 Å². The minimum Gasteiger partial charge on any atom is -0.481 e. The summed E-state index contributed by atoms with van der Waals surface area (Å²) in [5, 5.41) is 12.5. The molecule has 0 heterocycles. The molecule has 0 aliphatic carbocycles. The van der Waals surface area contributed by atoms with Crippen LogP contribution < -0.4 is 5.32 Å². The van der Waals surface area contributed by atoms with Crippen molar-refractivity contribution in [2.45, 2.75) is 23.7 Å². The summed E-state index contributed by atoms with van der Waals surface area (Å²) < 4.78 is 0. The molecule has 0 spiro atoms. The Bertz CT molecular complexity index is 676. The molecule has 2 rings (SSSR count). The summed E-state index contributed by atoms with van der Waals surface area (Å²) in [5.41, 5.74) is -0.398. The lowest BCUT2D eigenvalue weighted by molar-refractivity contribution is -0.144. The zero-order valence-corrected chi connectivity index (χ0v) is 14.4. The Morgan fingerprint density at radius 3 is 2.17 bits per heavy atom. The number of amides is 1. The molecule has 1 unspecified atom stereocenters. The van der Waals surface area contributed by atoms with Crippen LogP contribution in [0.2, 0.25) is 0 Å². The van der Waals surface area contributed by atoms with E-state index in [0.29, 0.717) is 12.0 Å². The van der Waals surface area contributed by atoms with Crippen LogP contribution in [0, 0.1) is 0 Å². The predicted molar refractivity (Wildman–Crippen MR) is 96.2 cm³/mol. The first-order valence-corrected chi connectivity index (χ1v) is 8.80. The van der Waals surface area contributed by atoms with E-state index in [1.807, 2.05) is 55.5 Å². The van der Waals surface area contributed by atoms with Crippen LogP contribution in [0.3, 0.4) is 0 Å². The maximum absolute atomic E-state index is 12.1. The molecule has 5 heteroatoms. The normalized spacial score (nSPS) is 13.0. The summed E-state index contributed by atoms with van der Waals surface area (Å²) in [7, 11) is 0. The topological polar surface area (TPSA) is 66.4 Å². The van der Waals surface area contributed by atoms with Gasteiger partial charge in [0.25, 0.3) is 0 Å². The number of thioether (sulfide) groups is 1. The number of hydrogen-bond acceptors (Lipinski definition) is 3. The summed E-state index contributed by atoms with van der Waals surface area (Å²) in [6.07, 6.45) is 0.401. The average molecular weight is 343 g/mol. The molecule has 0 bridgehead atoms. The van der Waals surface area contributed by atoms with Gasteiger partial charge in [-0.1, -0.05) is 55.5 Å². The first-order valence-electron chi connectivity index (χ1n) is 7.82. The Labute approximate surface area is 146 Å². The second-order valence-corrected chi connectivity index (χ2v) is 6.53. The average Bonchev–Trinajstić information content (AvgIpc) is 2.62. The first-order chi connectivity index (χ1) is 11.6. The van der Waals surface area contributed by atoms with Gasteiger partial charge in [0.1, 0.15) is 5.41 Å².